The lowest BCUT2D eigenvalue weighted by atomic mass is 10.0. The summed E-state index contributed by atoms with van der Waals surface area (Å²) in [6.07, 6.45) is 0. The molecule has 0 saturated heterocycles. The minimum Gasteiger partial charge on any atom is -0.366 e. The van der Waals surface area contributed by atoms with Gasteiger partial charge in [0.2, 0.25) is 5.91 Å². The predicted octanol–water partition coefficient (Wildman–Crippen LogP) is 3.54. The van der Waals surface area contributed by atoms with E-state index in [1.807, 2.05) is 18.2 Å². The van der Waals surface area contributed by atoms with E-state index in [1.54, 1.807) is 23.5 Å². The van der Waals surface area contributed by atoms with Gasteiger partial charge in [-0.3, -0.25) is 9.89 Å². The number of fused-ring (bicyclic) bond motifs is 2. The molecule has 5 heteroatoms. The number of carbonyl (C=O) groups is 1. The van der Waals surface area contributed by atoms with Gasteiger partial charge in [-0.15, -0.1) is 11.3 Å². The lowest BCUT2D eigenvalue weighted by molar-refractivity contribution is 0.100. The van der Waals surface area contributed by atoms with Crippen LogP contribution in [0.25, 0.3) is 32.2 Å². The van der Waals surface area contributed by atoms with Crippen molar-refractivity contribution in [3.63, 3.8) is 0 Å². The van der Waals surface area contributed by atoms with Crippen LogP contribution in [0.15, 0.2) is 47.8 Å². The molecule has 0 saturated carbocycles. The molecule has 2 heterocycles. The summed E-state index contributed by atoms with van der Waals surface area (Å²) in [4.78, 5) is 11.4. The zero-order chi connectivity index (χ0) is 14.4. The van der Waals surface area contributed by atoms with E-state index in [0.717, 1.165) is 22.2 Å². The molecule has 4 nitrogen and oxygen atoms in total. The second kappa shape index (κ2) is 4.43. The third-order valence-corrected chi connectivity index (χ3v) is 4.55. The van der Waals surface area contributed by atoms with Crippen LogP contribution in [-0.4, -0.2) is 16.1 Å². The van der Waals surface area contributed by atoms with Gasteiger partial charge in [0.15, 0.2) is 0 Å². The number of nitrogens with one attached hydrogen (secondary N) is 1. The summed E-state index contributed by atoms with van der Waals surface area (Å²) in [5.74, 6) is -0.431. The molecule has 2 aromatic carbocycles. The molecule has 4 rings (SSSR count). The van der Waals surface area contributed by atoms with E-state index in [0.29, 0.717) is 5.56 Å². The van der Waals surface area contributed by atoms with E-state index in [-0.39, 0.29) is 0 Å². The summed E-state index contributed by atoms with van der Waals surface area (Å²) in [7, 11) is 0. The van der Waals surface area contributed by atoms with Crippen molar-refractivity contribution in [3.05, 3.63) is 53.4 Å². The number of H-pyrrole nitrogens is 1. The van der Waals surface area contributed by atoms with E-state index >= 15 is 0 Å². The van der Waals surface area contributed by atoms with Gasteiger partial charge < -0.3 is 5.73 Å². The number of hydrogen-bond donors (Lipinski definition) is 2. The highest BCUT2D eigenvalue weighted by atomic mass is 32.1. The highest BCUT2D eigenvalue weighted by Gasteiger charge is 2.14. The lowest BCUT2D eigenvalue weighted by Gasteiger charge is -1.98. The first kappa shape index (κ1) is 12.1. The highest BCUT2D eigenvalue weighted by molar-refractivity contribution is 7.17. The Morgan fingerprint density at radius 2 is 2.00 bits per heavy atom. The quantitative estimate of drug-likeness (QED) is 0.593. The van der Waals surface area contributed by atoms with Gasteiger partial charge in [-0.2, -0.15) is 5.10 Å². The van der Waals surface area contributed by atoms with Crippen LogP contribution in [0.1, 0.15) is 10.4 Å². The Morgan fingerprint density at radius 3 is 2.86 bits per heavy atom. The van der Waals surface area contributed by atoms with Crippen molar-refractivity contribution in [1.82, 2.24) is 10.2 Å². The fourth-order valence-electron chi connectivity index (χ4n) is 2.53. The number of hydrogen-bond acceptors (Lipinski definition) is 3. The largest absolute Gasteiger partial charge is 0.366 e. The summed E-state index contributed by atoms with van der Waals surface area (Å²) >= 11 is 1.69. The number of nitrogens with zero attached hydrogens (tertiary/aromatic N) is 1. The predicted molar refractivity (Wildman–Crippen MR) is 85.4 cm³/mol. The number of nitrogens with two attached hydrogens (primary N) is 1. The number of aromatic amines is 1. The number of carbonyl (C=O) groups excluding carboxylic acids is 1. The normalized spacial score (nSPS) is 11.2. The van der Waals surface area contributed by atoms with E-state index in [4.69, 9.17) is 5.73 Å². The molecule has 0 aliphatic rings. The van der Waals surface area contributed by atoms with Gasteiger partial charge in [0.25, 0.3) is 0 Å². The van der Waals surface area contributed by atoms with Crippen molar-refractivity contribution >= 4 is 38.2 Å². The molecular formula is C16H11N3OS. The molecule has 0 spiro atoms. The van der Waals surface area contributed by atoms with E-state index in [1.165, 1.54) is 10.1 Å². The highest BCUT2D eigenvalue weighted by Crippen LogP contribution is 2.36. The Hall–Kier alpha value is -2.66. The second-order valence-electron chi connectivity index (χ2n) is 4.84. The van der Waals surface area contributed by atoms with Gasteiger partial charge in [-0.25, -0.2) is 0 Å². The first-order valence-electron chi connectivity index (χ1n) is 6.48. The summed E-state index contributed by atoms with van der Waals surface area (Å²) < 4.78 is 1.22. The second-order valence-corrected chi connectivity index (χ2v) is 5.75. The molecule has 1 amide bonds. The summed E-state index contributed by atoms with van der Waals surface area (Å²) in [6, 6.07) is 13.5. The summed E-state index contributed by atoms with van der Waals surface area (Å²) in [5.41, 5.74) is 8.67. The fraction of sp³-hybridized carbons (Fsp3) is 0. The zero-order valence-corrected chi connectivity index (χ0v) is 11.8. The van der Waals surface area contributed by atoms with E-state index < -0.39 is 5.91 Å². The molecule has 2 aromatic heterocycles. The van der Waals surface area contributed by atoms with Crippen LogP contribution >= 0.6 is 11.3 Å². The number of aromatic nitrogens is 2. The number of rotatable bonds is 2. The van der Waals surface area contributed by atoms with E-state index in [2.05, 4.69) is 27.7 Å². The van der Waals surface area contributed by atoms with Crippen molar-refractivity contribution in [2.45, 2.75) is 0 Å². The number of thiophene rings is 1. The number of primary amides is 1. The van der Waals surface area contributed by atoms with Crippen molar-refractivity contribution in [1.29, 1.82) is 0 Å². The third kappa shape index (κ3) is 1.82. The van der Waals surface area contributed by atoms with Gasteiger partial charge in [-0.05, 0) is 24.3 Å². The van der Waals surface area contributed by atoms with Crippen molar-refractivity contribution in [2.75, 3.05) is 0 Å². The first-order valence-corrected chi connectivity index (χ1v) is 7.36. The Balaban J connectivity index is 2.02. The third-order valence-electron chi connectivity index (χ3n) is 3.58. The monoisotopic (exact) mass is 293 g/mol. The van der Waals surface area contributed by atoms with Crippen LogP contribution in [0.5, 0.6) is 0 Å². The van der Waals surface area contributed by atoms with Crippen molar-refractivity contribution < 1.29 is 4.79 Å². The molecule has 4 aromatic rings. The molecule has 3 N–H and O–H groups in total. The molecule has 0 unspecified atom stereocenters. The minimum absolute atomic E-state index is 0.431. The Morgan fingerprint density at radius 1 is 1.14 bits per heavy atom. The lowest BCUT2D eigenvalue weighted by Crippen LogP contribution is -2.10. The Labute approximate surface area is 124 Å². The van der Waals surface area contributed by atoms with Crippen LogP contribution < -0.4 is 5.73 Å². The first-order chi connectivity index (χ1) is 10.2. The topological polar surface area (TPSA) is 71.8 Å². The van der Waals surface area contributed by atoms with Crippen molar-refractivity contribution in [3.8, 4) is 11.3 Å². The smallest absolute Gasteiger partial charge is 0.248 e. The standard InChI is InChI=1S/C16H11N3OS/c17-16(20)9-5-6-13-11(7-9)15(19-18-13)12-8-21-14-4-2-1-3-10(12)14/h1-8H,(H2,17,20)(H,18,19). The molecule has 0 aliphatic heterocycles. The average molecular weight is 293 g/mol. The maximum Gasteiger partial charge on any atom is 0.248 e. The summed E-state index contributed by atoms with van der Waals surface area (Å²) in [5, 5.41) is 11.6. The zero-order valence-electron chi connectivity index (χ0n) is 11.0. The molecular weight excluding hydrogens is 282 g/mol. The SMILES string of the molecule is NC(=O)c1ccc2[nH]nc(-c3csc4ccccc34)c2c1. The van der Waals surface area contributed by atoms with Crippen LogP contribution in [0.4, 0.5) is 0 Å². The molecule has 0 radical (unpaired) electrons. The molecule has 0 atom stereocenters. The summed E-state index contributed by atoms with van der Waals surface area (Å²) in [6.45, 7) is 0. The average Bonchev–Trinajstić information content (AvgIpc) is 3.09. The molecule has 21 heavy (non-hydrogen) atoms. The van der Waals surface area contributed by atoms with Gasteiger partial charge in [0.1, 0.15) is 5.69 Å². The van der Waals surface area contributed by atoms with Gasteiger partial charge in [0.05, 0.1) is 5.52 Å². The molecule has 0 aliphatic carbocycles. The van der Waals surface area contributed by atoms with Crippen LogP contribution in [0.3, 0.4) is 0 Å². The maximum atomic E-state index is 11.4. The number of amides is 1. The van der Waals surface area contributed by atoms with Gasteiger partial charge in [0, 0.05) is 32.0 Å². The van der Waals surface area contributed by atoms with Crippen LogP contribution in [0.2, 0.25) is 0 Å². The molecule has 0 fully saturated rings. The Bertz CT molecular complexity index is 983. The maximum absolute atomic E-state index is 11.4. The van der Waals surface area contributed by atoms with Crippen LogP contribution in [-0.2, 0) is 0 Å². The van der Waals surface area contributed by atoms with Crippen LogP contribution in [0, 0.1) is 0 Å². The molecule has 0 bridgehead atoms. The van der Waals surface area contributed by atoms with Gasteiger partial charge in [-0.1, -0.05) is 18.2 Å². The van der Waals surface area contributed by atoms with Crippen molar-refractivity contribution in [2.24, 2.45) is 5.73 Å². The minimum atomic E-state index is -0.431. The van der Waals surface area contributed by atoms with E-state index in [9.17, 15) is 4.79 Å². The van der Waals surface area contributed by atoms with Gasteiger partial charge >= 0.3 is 0 Å². The fourth-order valence-corrected chi connectivity index (χ4v) is 3.48. The Kier molecular flexibility index (Phi) is 2.55. The number of benzene rings is 2. The molecule has 102 valence electrons.